The van der Waals surface area contributed by atoms with Gasteiger partial charge in [-0.2, -0.15) is 0 Å². The molecule has 1 amide bonds. The first-order valence-electron chi connectivity index (χ1n) is 8.27. The number of rotatable bonds is 4. The van der Waals surface area contributed by atoms with Crippen LogP contribution in [0.2, 0.25) is 0 Å². The van der Waals surface area contributed by atoms with Crippen LogP contribution >= 0.6 is 0 Å². The molecule has 0 bridgehead atoms. The zero-order valence-corrected chi connectivity index (χ0v) is 14.6. The molecule has 2 aromatic rings. The molecular weight excluding hydrogens is 318 g/mol. The quantitative estimate of drug-likeness (QED) is 0.803. The normalized spacial score (nSPS) is 16.9. The Morgan fingerprint density at radius 1 is 1.12 bits per heavy atom. The minimum absolute atomic E-state index is 0.0745. The number of esters is 1. The first-order valence-corrected chi connectivity index (χ1v) is 8.27. The number of hydrogen-bond donors (Lipinski definition) is 0. The number of carbonyl (C=O) groups is 2. The predicted molar refractivity (Wildman–Crippen MR) is 95.0 cm³/mol. The molecule has 0 saturated heterocycles. The second kappa shape index (κ2) is 6.97. The van der Waals surface area contributed by atoms with Crippen LogP contribution in [0.4, 0.5) is 5.69 Å². The van der Waals surface area contributed by atoms with Crippen LogP contribution in [-0.2, 0) is 16.0 Å². The molecule has 0 spiro atoms. The molecule has 0 saturated carbocycles. The molecular formula is C20H21NO4. The molecule has 5 heteroatoms. The number of methoxy groups -OCH3 is 1. The van der Waals surface area contributed by atoms with Gasteiger partial charge in [0.2, 0.25) is 0 Å². The topological polar surface area (TPSA) is 55.8 Å². The van der Waals surface area contributed by atoms with Gasteiger partial charge in [-0.15, -0.1) is 0 Å². The van der Waals surface area contributed by atoms with Gasteiger partial charge in [-0.25, -0.2) is 4.79 Å². The van der Waals surface area contributed by atoms with E-state index in [4.69, 9.17) is 4.74 Å². The number of amides is 1. The summed E-state index contributed by atoms with van der Waals surface area (Å²) in [5.74, 6) is 0.0568. The third-order valence-electron chi connectivity index (χ3n) is 4.38. The summed E-state index contributed by atoms with van der Waals surface area (Å²) in [6.07, 6.45) is 0.222. The van der Waals surface area contributed by atoms with Crippen molar-refractivity contribution in [2.45, 2.75) is 32.4 Å². The van der Waals surface area contributed by atoms with Gasteiger partial charge in [-0.3, -0.25) is 4.79 Å². The summed E-state index contributed by atoms with van der Waals surface area (Å²) >= 11 is 0. The third kappa shape index (κ3) is 3.36. The maximum Gasteiger partial charge on any atom is 0.337 e. The lowest BCUT2D eigenvalue weighted by Crippen LogP contribution is -2.43. The first-order chi connectivity index (χ1) is 12.0. The summed E-state index contributed by atoms with van der Waals surface area (Å²) in [7, 11) is 1.34. The van der Waals surface area contributed by atoms with Crippen LogP contribution in [-0.4, -0.2) is 31.1 Å². The van der Waals surface area contributed by atoms with Gasteiger partial charge in [0.25, 0.3) is 5.91 Å². The number of ether oxygens (including phenoxy) is 2. The molecule has 5 nitrogen and oxygen atoms in total. The molecule has 0 unspecified atom stereocenters. The number of carbonyl (C=O) groups excluding carboxylic acids is 2. The fourth-order valence-electron chi connectivity index (χ4n) is 3.14. The largest absolute Gasteiger partial charge is 0.481 e. The van der Waals surface area contributed by atoms with Crippen molar-refractivity contribution in [1.82, 2.24) is 0 Å². The summed E-state index contributed by atoms with van der Waals surface area (Å²) in [5, 5.41) is 0. The maximum absolute atomic E-state index is 12.9. The van der Waals surface area contributed by atoms with Crippen molar-refractivity contribution in [2.24, 2.45) is 0 Å². The SMILES string of the molecule is COC(=O)c1ccc(O[C@@H](C)C(=O)N2c3ccccc3C[C@@H]2C)cc1. The van der Waals surface area contributed by atoms with Gasteiger partial charge in [-0.1, -0.05) is 18.2 Å². The minimum Gasteiger partial charge on any atom is -0.481 e. The van der Waals surface area contributed by atoms with Crippen molar-refractivity contribution < 1.29 is 19.1 Å². The van der Waals surface area contributed by atoms with E-state index < -0.39 is 12.1 Å². The zero-order chi connectivity index (χ0) is 18.0. The Hall–Kier alpha value is -2.82. The Morgan fingerprint density at radius 3 is 2.48 bits per heavy atom. The molecule has 0 aromatic heterocycles. The highest BCUT2D eigenvalue weighted by molar-refractivity contribution is 5.99. The average Bonchev–Trinajstić information content (AvgIpc) is 2.96. The van der Waals surface area contributed by atoms with Crippen molar-refractivity contribution >= 4 is 17.6 Å². The molecule has 1 heterocycles. The smallest absolute Gasteiger partial charge is 0.337 e. The molecule has 1 aliphatic rings. The molecule has 0 radical (unpaired) electrons. The Balaban J connectivity index is 1.72. The van der Waals surface area contributed by atoms with Gasteiger partial charge in [-0.05, 0) is 56.2 Å². The van der Waals surface area contributed by atoms with E-state index in [2.05, 4.69) is 10.8 Å². The predicted octanol–water partition coefficient (Wildman–Crippen LogP) is 3.22. The summed E-state index contributed by atoms with van der Waals surface area (Å²) < 4.78 is 10.4. The Bertz CT molecular complexity index is 785. The van der Waals surface area contributed by atoms with Gasteiger partial charge in [0.05, 0.1) is 12.7 Å². The highest BCUT2D eigenvalue weighted by Gasteiger charge is 2.33. The van der Waals surface area contributed by atoms with E-state index in [9.17, 15) is 9.59 Å². The lowest BCUT2D eigenvalue weighted by atomic mass is 10.1. The van der Waals surface area contributed by atoms with Crippen molar-refractivity contribution in [3.63, 3.8) is 0 Å². The molecule has 2 aromatic carbocycles. The molecule has 25 heavy (non-hydrogen) atoms. The second-order valence-corrected chi connectivity index (χ2v) is 6.17. The van der Waals surface area contributed by atoms with Gasteiger partial charge in [0.15, 0.2) is 6.10 Å². The summed E-state index contributed by atoms with van der Waals surface area (Å²) in [6.45, 7) is 3.78. The van der Waals surface area contributed by atoms with Crippen LogP contribution in [0.25, 0.3) is 0 Å². The van der Waals surface area contributed by atoms with Crippen LogP contribution in [0, 0.1) is 0 Å². The molecule has 2 atom stereocenters. The van der Waals surface area contributed by atoms with Gasteiger partial charge < -0.3 is 14.4 Å². The van der Waals surface area contributed by atoms with E-state index in [-0.39, 0.29) is 11.9 Å². The number of anilines is 1. The standard InChI is InChI=1S/C20H21NO4/c1-13-12-16-6-4-5-7-18(16)21(13)19(22)14(2)25-17-10-8-15(9-11-17)20(23)24-3/h4-11,13-14H,12H2,1-3H3/t13-,14-/m0/s1. The highest BCUT2D eigenvalue weighted by Crippen LogP contribution is 2.32. The lowest BCUT2D eigenvalue weighted by Gasteiger charge is -2.26. The van der Waals surface area contributed by atoms with E-state index in [1.807, 2.05) is 30.0 Å². The van der Waals surface area contributed by atoms with E-state index >= 15 is 0 Å². The summed E-state index contributed by atoms with van der Waals surface area (Å²) in [5.41, 5.74) is 2.57. The van der Waals surface area contributed by atoms with Gasteiger partial charge in [0.1, 0.15) is 5.75 Å². The van der Waals surface area contributed by atoms with Crippen molar-refractivity contribution in [2.75, 3.05) is 12.0 Å². The monoisotopic (exact) mass is 339 g/mol. The zero-order valence-electron chi connectivity index (χ0n) is 14.6. The Kier molecular flexibility index (Phi) is 4.74. The summed E-state index contributed by atoms with van der Waals surface area (Å²) in [4.78, 5) is 26.1. The van der Waals surface area contributed by atoms with E-state index in [1.54, 1.807) is 31.2 Å². The fourth-order valence-corrected chi connectivity index (χ4v) is 3.14. The van der Waals surface area contributed by atoms with E-state index in [0.29, 0.717) is 11.3 Å². The molecule has 0 aliphatic carbocycles. The van der Waals surface area contributed by atoms with Crippen molar-refractivity contribution in [1.29, 1.82) is 0 Å². The number of hydrogen-bond acceptors (Lipinski definition) is 4. The molecule has 130 valence electrons. The summed E-state index contributed by atoms with van der Waals surface area (Å²) in [6, 6.07) is 14.6. The van der Waals surface area contributed by atoms with Crippen LogP contribution < -0.4 is 9.64 Å². The number of benzene rings is 2. The van der Waals surface area contributed by atoms with Gasteiger partial charge >= 0.3 is 5.97 Å². The van der Waals surface area contributed by atoms with Crippen molar-refractivity contribution in [3.8, 4) is 5.75 Å². The lowest BCUT2D eigenvalue weighted by molar-refractivity contribution is -0.124. The number of para-hydroxylation sites is 1. The number of nitrogens with zero attached hydrogens (tertiary/aromatic N) is 1. The first kappa shape index (κ1) is 17.0. The van der Waals surface area contributed by atoms with Gasteiger partial charge in [0, 0.05) is 11.7 Å². The third-order valence-corrected chi connectivity index (χ3v) is 4.38. The number of fused-ring (bicyclic) bond motifs is 1. The average molecular weight is 339 g/mol. The molecule has 0 N–H and O–H groups in total. The van der Waals surface area contributed by atoms with Crippen LogP contribution in [0.15, 0.2) is 48.5 Å². The van der Waals surface area contributed by atoms with E-state index in [1.165, 1.54) is 12.7 Å². The Labute approximate surface area is 147 Å². The molecule has 3 rings (SSSR count). The molecule has 1 aliphatic heterocycles. The molecule has 0 fully saturated rings. The second-order valence-electron chi connectivity index (χ2n) is 6.17. The van der Waals surface area contributed by atoms with Crippen molar-refractivity contribution in [3.05, 3.63) is 59.7 Å². The van der Waals surface area contributed by atoms with Crippen LogP contribution in [0.5, 0.6) is 5.75 Å². The Morgan fingerprint density at radius 2 is 1.80 bits per heavy atom. The van der Waals surface area contributed by atoms with Crippen LogP contribution in [0.3, 0.4) is 0 Å². The maximum atomic E-state index is 12.9. The van der Waals surface area contributed by atoms with E-state index in [0.717, 1.165) is 12.1 Å². The fraction of sp³-hybridized carbons (Fsp3) is 0.300. The van der Waals surface area contributed by atoms with Crippen LogP contribution in [0.1, 0.15) is 29.8 Å². The minimum atomic E-state index is -0.627. The highest BCUT2D eigenvalue weighted by atomic mass is 16.5.